The molecule has 0 aliphatic rings. The summed E-state index contributed by atoms with van der Waals surface area (Å²) in [6.45, 7) is 0. The van der Waals surface area contributed by atoms with E-state index in [0.29, 0.717) is 12.2 Å². The zero-order valence-corrected chi connectivity index (χ0v) is 13.5. The predicted molar refractivity (Wildman–Crippen MR) is 83.9 cm³/mol. The molecule has 0 fully saturated rings. The second-order valence-corrected chi connectivity index (χ2v) is 7.64. The van der Waals surface area contributed by atoms with Crippen molar-refractivity contribution in [2.24, 2.45) is 0 Å². The summed E-state index contributed by atoms with van der Waals surface area (Å²) in [6, 6.07) is 11.9. The normalized spacial score (nSPS) is 12.6. The Hall–Kier alpha value is -0.0000000000000000278. The van der Waals surface area contributed by atoms with Gasteiger partial charge in [-0.2, -0.15) is 0 Å². The lowest BCUT2D eigenvalue weighted by Crippen LogP contribution is -2.12. The van der Waals surface area contributed by atoms with E-state index in [0.717, 1.165) is 13.7 Å². The van der Waals surface area contributed by atoms with Crippen molar-refractivity contribution in [3.8, 4) is 0 Å². The van der Waals surface area contributed by atoms with Crippen LogP contribution in [0.1, 0.15) is 4.88 Å². The van der Waals surface area contributed by atoms with Gasteiger partial charge in [0, 0.05) is 26.4 Å². The molecule has 1 aromatic heterocycles. The van der Waals surface area contributed by atoms with Gasteiger partial charge < -0.3 is 5.11 Å². The summed E-state index contributed by atoms with van der Waals surface area (Å²) in [7, 11) is 0. The third-order valence-corrected chi connectivity index (χ3v) is 5.26. The monoisotopic (exact) mass is 362 g/mol. The molecule has 1 unspecified atom stereocenters. The molecule has 96 valence electrons. The molecule has 0 saturated heterocycles. The van der Waals surface area contributed by atoms with Crippen LogP contribution in [0, 0.1) is 0 Å². The third-order valence-electron chi connectivity index (χ3n) is 2.32. The number of hydrogen-bond acceptors (Lipinski definition) is 3. The highest BCUT2D eigenvalue weighted by atomic mass is 79.9. The fourth-order valence-electron chi connectivity index (χ4n) is 1.48. The Balaban J connectivity index is 1.81. The Kier molecular flexibility index (Phi) is 5.57. The van der Waals surface area contributed by atoms with Gasteiger partial charge in [-0.3, -0.25) is 0 Å². The van der Waals surface area contributed by atoms with E-state index in [4.69, 9.17) is 11.6 Å². The number of thioether (sulfide) groups is 1. The predicted octanol–water partition coefficient (Wildman–Crippen LogP) is 4.86. The highest BCUT2D eigenvalue weighted by molar-refractivity contribution is 9.10. The number of hydrogen-bond donors (Lipinski definition) is 1. The van der Waals surface area contributed by atoms with Gasteiger partial charge in [0.2, 0.25) is 0 Å². The van der Waals surface area contributed by atoms with Crippen molar-refractivity contribution in [1.82, 2.24) is 0 Å². The lowest BCUT2D eigenvalue weighted by Gasteiger charge is -2.08. The van der Waals surface area contributed by atoms with Crippen LogP contribution >= 0.6 is 50.6 Å². The molecule has 18 heavy (non-hydrogen) atoms. The van der Waals surface area contributed by atoms with Crippen molar-refractivity contribution >= 4 is 50.6 Å². The molecule has 1 aromatic carbocycles. The number of aliphatic hydroxyl groups excluding tert-OH is 1. The first kappa shape index (κ1) is 14.4. The van der Waals surface area contributed by atoms with Gasteiger partial charge in [0.15, 0.2) is 0 Å². The molecule has 2 aromatic rings. The molecule has 0 radical (unpaired) electrons. The maximum absolute atomic E-state index is 9.96. The van der Waals surface area contributed by atoms with Gasteiger partial charge in [0.1, 0.15) is 0 Å². The van der Waals surface area contributed by atoms with E-state index in [1.807, 2.05) is 36.4 Å². The summed E-state index contributed by atoms with van der Waals surface area (Å²) in [6.07, 6.45) is 0.328. The quantitative estimate of drug-likeness (QED) is 0.766. The van der Waals surface area contributed by atoms with Crippen LogP contribution in [0.2, 0.25) is 4.34 Å². The van der Waals surface area contributed by atoms with Crippen molar-refractivity contribution in [3.63, 3.8) is 0 Å². The third kappa shape index (κ3) is 4.59. The molecule has 0 aliphatic carbocycles. The van der Waals surface area contributed by atoms with Gasteiger partial charge >= 0.3 is 0 Å². The average molecular weight is 364 g/mol. The molecule has 1 atom stereocenters. The summed E-state index contributed by atoms with van der Waals surface area (Å²) in [4.78, 5) is 2.30. The minimum atomic E-state index is -0.339. The van der Waals surface area contributed by atoms with Gasteiger partial charge in [-0.15, -0.1) is 23.1 Å². The standard InChI is InChI=1S/C13H12BrClOS2/c14-9-1-3-11(4-2-9)17-8-10(16)7-12-5-6-13(15)18-12/h1-6,10,16H,7-8H2. The van der Waals surface area contributed by atoms with Gasteiger partial charge in [0.05, 0.1) is 10.4 Å². The van der Waals surface area contributed by atoms with Gasteiger partial charge in [0.25, 0.3) is 0 Å². The number of aliphatic hydroxyl groups is 1. The topological polar surface area (TPSA) is 20.2 Å². The molecular weight excluding hydrogens is 352 g/mol. The summed E-state index contributed by atoms with van der Waals surface area (Å²) in [5, 5.41) is 9.96. The minimum Gasteiger partial charge on any atom is -0.392 e. The second kappa shape index (κ2) is 6.96. The maximum atomic E-state index is 9.96. The Morgan fingerprint density at radius 1 is 1.22 bits per heavy atom. The smallest absolute Gasteiger partial charge is 0.0931 e. The molecule has 1 heterocycles. The summed E-state index contributed by atoms with van der Waals surface area (Å²) < 4.78 is 1.85. The van der Waals surface area contributed by atoms with E-state index in [9.17, 15) is 5.11 Å². The molecule has 1 N–H and O–H groups in total. The zero-order chi connectivity index (χ0) is 13.0. The Morgan fingerprint density at radius 2 is 1.94 bits per heavy atom. The van der Waals surface area contributed by atoms with Crippen LogP contribution in [0.4, 0.5) is 0 Å². The number of thiophene rings is 1. The fourth-order valence-corrected chi connectivity index (χ4v) is 3.73. The Labute approximate surface area is 128 Å². The number of rotatable bonds is 5. The summed E-state index contributed by atoms with van der Waals surface area (Å²) >= 11 is 12.5. The van der Waals surface area contributed by atoms with Crippen LogP contribution in [0.25, 0.3) is 0 Å². The van der Waals surface area contributed by atoms with Crippen molar-refractivity contribution in [1.29, 1.82) is 0 Å². The van der Waals surface area contributed by atoms with E-state index in [2.05, 4.69) is 15.9 Å². The van der Waals surface area contributed by atoms with Crippen LogP contribution in [-0.4, -0.2) is 17.0 Å². The lowest BCUT2D eigenvalue weighted by atomic mass is 10.2. The average Bonchev–Trinajstić information content (AvgIpc) is 2.74. The van der Waals surface area contributed by atoms with Gasteiger partial charge in [-0.1, -0.05) is 27.5 Å². The SMILES string of the molecule is OC(CSc1ccc(Br)cc1)Cc1ccc(Cl)s1. The second-order valence-electron chi connectivity index (χ2n) is 3.83. The van der Waals surface area contributed by atoms with Crippen LogP contribution in [0.3, 0.4) is 0 Å². The largest absolute Gasteiger partial charge is 0.392 e. The van der Waals surface area contributed by atoms with Gasteiger partial charge in [-0.05, 0) is 36.4 Å². The van der Waals surface area contributed by atoms with E-state index >= 15 is 0 Å². The molecule has 0 spiro atoms. The Morgan fingerprint density at radius 3 is 2.56 bits per heavy atom. The molecule has 0 bridgehead atoms. The van der Waals surface area contributed by atoms with Crippen molar-refractivity contribution < 1.29 is 5.11 Å². The van der Waals surface area contributed by atoms with Crippen LogP contribution < -0.4 is 0 Å². The van der Waals surface area contributed by atoms with Crippen LogP contribution in [0.15, 0.2) is 45.8 Å². The summed E-state index contributed by atoms with van der Waals surface area (Å²) in [5.74, 6) is 0.692. The molecule has 5 heteroatoms. The van der Waals surface area contributed by atoms with E-state index in [1.54, 1.807) is 11.8 Å². The first-order valence-electron chi connectivity index (χ1n) is 5.44. The van der Waals surface area contributed by atoms with Crippen molar-refractivity contribution in [2.45, 2.75) is 17.4 Å². The molecular formula is C13H12BrClOS2. The van der Waals surface area contributed by atoms with E-state index in [-0.39, 0.29) is 6.10 Å². The molecule has 0 amide bonds. The first-order chi connectivity index (χ1) is 8.63. The highest BCUT2D eigenvalue weighted by Gasteiger charge is 2.08. The zero-order valence-electron chi connectivity index (χ0n) is 9.48. The van der Waals surface area contributed by atoms with E-state index < -0.39 is 0 Å². The lowest BCUT2D eigenvalue weighted by molar-refractivity contribution is 0.201. The number of halogens is 2. The maximum Gasteiger partial charge on any atom is 0.0931 e. The fraction of sp³-hybridized carbons (Fsp3) is 0.231. The van der Waals surface area contributed by atoms with Crippen LogP contribution in [0.5, 0.6) is 0 Å². The Bertz CT molecular complexity index is 498. The van der Waals surface area contributed by atoms with Crippen molar-refractivity contribution in [3.05, 3.63) is 50.1 Å². The molecule has 0 aliphatic heterocycles. The first-order valence-corrected chi connectivity index (χ1v) is 8.41. The number of benzene rings is 1. The van der Waals surface area contributed by atoms with Crippen molar-refractivity contribution in [2.75, 3.05) is 5.75 Å². The molecule has 0 saturated carbocycles. The van der Waals surface area contributed by atoms with Crippen LogP contribution in [-0.2, 0) is 6.42 Å². The minimum absolute atomic E-state index is 0.339. The molecule has 1 nitrogen and oxygen atoms in total. The molecule has 2 rings (SSSR count). The van der Waals surface area contributed by atoms with E-state index in [1.165, 1.54) is 16.2 Å². The summed E-state index contributed by atoms with van der Waals surface area (Å²) in [5.41, 5.74) is 0. The van der Waals surface area contributed by atoms with Gasteiger partial charge in [-0.25, -0.2) is 0 Å². The highest BCUT2D eigenvalue weighted by Crippen LogP contribution is 2.25.